The summed E-state index contributed by atoms with van der Waals surface area (Å²) in [5.74, 6) is 0.360. The molecule has 1 N–H and O–H groups in total. The van der Waals surface area contributed by atoms with Crippen LogP contribution in [-0.2, 0) is 18.3 Å². The molecule has 0 aliphatic carbocycles. The molecule has 0 aromatic heterocycles. The lowest BCUT2D eigenvalue weighted by atomic mass is 10.0. The van der Waals surface area contributed by atoms with Gasteiger partial charge in [-0.05, 0) is 73.3 Å². The molecule has 0 spiro atoms. The van der Waals surface area contributed by atoms with Gasteiger partial charge in [-0.15, -0.1) is 0 Å². The van der Waals surface area contributed by atoms with Crippen molar-refractivity contribution >= 4 is 22.6 Å². The summed E-state index contributed by atoms with van der Waals surface area (Å²) in [5.41, 5.74) is 1.25. The van der Waals surface area contributed by atoms with Gasteiger partial charge in [-0.25, -0.2) is 0 Å². The van der Waals surface area contributed by atoms with E-state index in [1.165, 1.54) is 24.8 Å². The molecule has 0 saturated carbocycles. The molecule has 1 aromatic rings. The number of amides is 2. The number of carbonyl (C=O) groups excluding carboxylic acids is 2. The third-order valence-electron chi connectivity index (χ3n) is 6.83. The number of likely N-dealkylation sites (tertiary alicyclic amines) is 1. The molecule has 3 fully saturated rings. The zero-order chi connectivity index (χ0) is 23.4. The van der Waals surface area contributed by atoms with E-state index < -0.39 is 16.8 Å². The molecule has 3 aliphatic heterocycles. The van der Waals surface area contributed by atoms with E-state index in [9.17, 15) is 9.59 Å². The van der Waals surface area contributed by atoms with Crippen LogP contribution >= 0.6 is 10.8 Å². The second kappa shape index (κ2) is 10.7. The van der Waals surface area contributed by atoms with Crippen LogP contribution in [-0.4, -0.2) is 77.8 Å². The van der Waals surface area contributed by atoms with Gasteiger partial charge in [-0.1, -0.05) is 41.1 Å². The van der Waals surface area contributed by atoms with E-state index in [1.54, 1.807) is 11.8 Å². The molecule has 4 rings (SSSR count). The Kier molecular flexibility index (Phi) is 7.96. The third kappa shape index (κ3) is 5.71. The molecule has 3 aliphatic rings. The van der Waals surface area contributed by atoms with Gasteiger partial charge < -0.3 is 15.1 Å². The first-order chi connectivity index (χ1) is 15.9. The van der Waals surface area contributed by atoms with Crippen LogP contribution in [0.3, 0.4) is 0 Å². The molecule has 2 amide bonds. The Morgan fingerprint density at radius 3 is 2.39 bits per heavy atom. The number of nitrogens with one attached hydrogen (secondary N) is 1. The van der Waals surface area contributed by atoms with Crippen LogP contribution in [0.25, 0.3) is 0 Å². The first kappa shape index (κ1) is 24.5. The van der Waals surface area contributed by atoms with Gasteiger partial charge in [0.25, 0.3) is 0 Å². The number of hydrogen-bond acceptors (Lipinski definition) is 6. The zero-order valence-electron chi connectivity index (χ0n) is 20.1. The maximum atomic E-state index is 13.3. The molecule has 9 heteroatoms. The Labute approximate surface area is 200 Å². The van der Waals surface area contributed by atoms with Gasteiger partial charge in [0, 0.05) is 34.5 Å². The molecule has 0 radical (unpaired) electrons. The largest absolute Gasteiger partial charge is 0.355 e. The van der Waals surface area contributed by atoms with E-state index in [0.29, 0.717) is 32.1 Å². The lowest BCUT2D eigenvalue weighted by Crippen LogP contribution is -2.59. The monoisotopic (exact) mass is 480 g/mol. The zero-order valence-corrected chi connectivity index (χ0v) is 20.9. The van der Waals surface area contributed by atoms with Crippen molar-refractivity contribution in [2.24, 2.45) is 0 Å². The minimum Gasteiger partial charge on any atom is -0.355 e. The van der Waals surface area contributed by atoms with Gasteiger partial charge in [-0.2, -0.15) is 4.31 Å². The number of piperidine rings is 1. The smallest absolute Gasteiger partial charge is 0.240 e. The summed E-state index contributed by atoms with van der Waals surface area (Å²) in [6.45, 7) is 11.3. The Morgan fingerprint density at radius 2 is 1.79 bits per heavy atom. The molecule has 33 heavy (non-hydrogen) atoms. The highest BCUT2D eigenvalue weighted by Crippen LogP contribution is 2.74. The molecule has 1 aromatic carbocycles. The third-order valence-corrected chi connectivity index (χ3v) is 9.14. The van der Waals surface area contributed by atoms with Crippen molar-refractivity contribution in [2.75, 3.05) is 45.8 Å². The first-order valence-electron chi connectivity index (χ1n) is 12.2. The molecular weight excluding hydrogens is 440 g/mol. The number of benzene rings is 1. The highest BCUT2D eigenvalue weighted by molar-refractivity contribution is 8.27. The Balaban J connectivity index is 0.00000324. The van der Waals surface area contributed by atoms with E-state index in [-0.39, 0.29) is 13.2 Å². The predicted octanol–water partition coefficient (Wildman–Crippen LogP) is 3.45. The van der Waals surface area contributed by atoms with Crippen LogP contribution in [0.4, 0.5) is 0 Å². The van der Waals surface area contributed by atoms with Gasteiger partial charge in [0.15, 0.2) is 0 Å². The second-order valence-electron chi connectivity index (χ2n) is 9.50. The average Bonchev–Trinajstić information content (AvgIpc) is 3.64. The van der Waals surface area contributed by atoms with E-state index in [4.69, 9.17) is 8.67 Å². The van der Waals surface area contributed by atoms with Crippen LogP contribution in [0, 0.1) is 0 Å². The fourth-order valence-electron chi connectivity index (χ4n) is 4.71. The summed E-state index contributed by atoms with van der Waals surface area (Å²) in [4.78, 5) is 30.5. The van der Waals surface area contributed by atoms with Gasteiger partial charge in [0.05, 0.1) is 4.90 Å². The van der Waals surface area contributed by atoms with Crippen LogP contribution < -0.4 is 5.32 Å². The van der Waals surface area contributed by atoms with Gasteiger partial charge in [0.2, 0.25) is 11.8 Å². The van der Waals surface area contributed by atoms with Crippen LogP contribution in [0.2, 0.25) is 0 Å². The molecule has 0 bridgehead atoms. The van der Waals surface area contributed by atoms with Gasteiger partial charge in [0.1, 0.15) is 6.04 Å². The Morgan fingerprint density at radius 1 is 1.09 bits per heavy atom. The summed E-state index contributed by atoms with van der Waals surface area (Å²) >= 11 is 0. The first-order valence-corrected chi connectivity index (χ1v) is 13.7. The maximum Gasteiger partial charge on any atom is 0.240 e. The normalized spacial score (nSPS) is 24.5. The second-order valence-corrected chi connectivity index (χ2v) is 11.7. The minimum atomic E-state index is -2.12. The van der Waals surface area contributed by atoms with Crippen molar-refractivity contribution in [1.82, 2.24) is 19.4 Å². The average molecular weight is 481 g/mol. The van der Waals surface area contributed by atoms with Crippen molar-refractivity contribution in [3.05, 3.63) is 29.8 Å². The lowest BCUT2D eigenvalue weighted by molar-refractivity contribution is -0.134. The number of rotatable bonds is 8. The Hall–Kier alpha value is -1.65. The summed E-state index contributed by atoms with van der Waals surface area (Å²) in [6.07, 6.45) is 4.79. The highest BCUT2D eigenvalue weighted by atomic mass is 32.3. The van der Waals surface area contributed by atoms with Crippen molar-refractivity contribution in [1.29, 1.82) is 0 Å². The van der Waals surface area contributed by atoms with Gasteiger partial charge in [-0.3, -0.25) is 9.59 Å². The topological polar surface area (TPSA) is 81.0 Å². The van der Waals surface area contributed by atoms with Crippen molar-refractivity contribution in [3.8, 4) is 0 Å². The maximum absolute atomic E-state index is 13.3. The molecular formula is C24H40N4O4S. The summed E-state index contributed by atoms with van der Waals surface area (Å²) in [7, 11) is -2.12. The van der Waals surface area contributed by atoms with E-state index in [0.717, 1.165) is 31.0 Å². The molecule has 8 nitrogen and oxygen atoms in total. The lowest BCUT2D eigenvalue weighted by Gasteiger charge is -2.43. The number of nitrogens with zero attached hydrogens (tertiary/aromatic N) is 3. The minimum absolute atomic E-state index is 0. The molecule has 3 heterocycles. The summed E-state index contributed by atoms with van der Waals surface area (Å²) in [5, 5.41) is 3.11. The van der Waals surface area contributed by atoms with Crippen LogP contribution in [0.15, 0.2) is 29.2 Å². The number of piperazine rings is 1. The number of hydrogen-bond donors (Lipinski definition) is 1. The quantitative estimate of drug-likeness (QED) is 0.349. The van der Waals surface area contributed by atoms with E-state index in [2.05, 4.69) is 36.2 Å². The highest BCUT2D eigenvalue weighted by Gasteiger charge is 2.53. The van der Waals surface area contributed by atoms with Crippen molar-refractivity contribution in [3.63, 3.8) is 0 Å². The summed E-state index contributed by atoms with van der Waals surface area (Å²) < 4.78 is 13.3. The van der Waals surface area contributed by atoms with Crippen molar-refractivity contribution in [2.45, 2.75) is 63.3 Å². The molecule has 1 atom stereocenters. The SMILES string of the molecule is CC(=O)N1CCN(S2(c3ccc(C(C)C)cc3)OO2)[C@@H](C(=O)NCCCN2CCCCC2)C1.[HH]. The standard InChI is InChI=1S/C24H38N4O4S.H2/c1-19(2)21-8-10-22(11-9-21)33(31-32-33)28-17-16-27(20(3)29)18-23(28)24(30)25-12-7-15-26-13-5-4-6-14-26;/h8-11,19,23H,4-7,12-18H2,1-3H3,(H,25,30);1H/t23-;/m1./s1. The Bertz CT molecular complexity index is 831. The van der Waals surface area contributed by atoms with Crippen LogP contribution in [0.5, 0.6) is 0 Å². The summed E-state index contributed by atoms with van der Waals surface area (Å²) in [6, 6.07) is 7.79. The predicted molar refractivity (Wildman–Crippen MR) is 131 cm³/mol. The fourth-order valence-corrected chi connectivity index (χ4v) is 6.81. The number of carbonyl (C=O) groups is 2. The van der Waals surface area contributed by atoms with E-state index >= 15 is 0 Å². The molecule has 0 unspecified atom stereocenters. The van der Waals surface area contributed by atoms with Crippen molar-refractivity contribution < 1.29 is 19.7 Å². The van der Waals surface area contributed by atoms with E-state index in [1.807, 2.05) is 16.4 Å². The van der Waals surface area contributed by atoms with Crippen LogP contribution in [0.1, 0.15) is 59.4 Å². The fraction of sp³-hybridized carbons (Fsp3) is 0.667. The molecule has 3 saturated heterocycles. The van der Waals surface area contributed by atoms with Gasteiger partial charge >= 0.3 is 0 Å². The molecule has 186 valence electrons.